The molecule has 0 fully saturated rings. The molecule has 3 N–H and O–H groups in total. The van der Waals surface area contributed by atoms with Crippen molar-refractivity contribution in [3.05, 3.63) is 41.3 Å². The van der Waals surface area contributed by atoms with Crippen molar-refractivity contribution in [1.82, 2.24) is 29.8 Å². The van der Waals surface area contributed by atoms with Crippen molar-refractivity contribution in [2.75, 3.05) is 17.2 Å². The second-order valence-corrected chi connectivity index (χ2v) is 7.79. The van der Waals surface area contributed by atoms with Gasteiger partial charge in [-0.25, -0.2) is 9.50 Å². The van der Waals surface area contributed by atoms with E-state index in [1.165, 1.54) is 6.20 Å². The van der Waals surface area contributed by atoms with Crippen molar-refractivity contribution in [2.24, 2.45) is 0 Å². The lowest BCUT2D eigenvalue weighted by atomic mass is 10.2. The van der Waals surface area contributed by atoms with Crippen LogP contribution in [0.4, 0.5) is 24.8 Å². The van der Waals surface area contributed by atoms with E-state index in [0.29, 0.717) is 17.3 Å². The number of hydrogen-bond donors (Lipinski definition) is 3. The number of aromatic amines is 1. The van der Waals surface area contributed by atoms with E-state index in [4.69, 9.17) is 0 Å². The zero-order valence-electron chi connectivity index (χ0n) is 16.9. The standard InChI is InChI=1S/C19H19F3N8OS/c1-2-3-4-6-23-18-27-14-8-11(5-7-30(14)29-18)25-16(31)15-12(9-24-28-15)17-26-13(10-32-17)19(20,21)22/h5,7-10H,2-4,6H2,1H3,(H,23,29)(H,24,28)(H,25,31). The van der Waals surface area contributed by atoms with Gasteiger partial charge >= 0.3 is 6.18 Å². The molecule has 0 aliphatic rings. The summed E-state index contributed by atoms with van der Waals surface area (Å²) in [6, 6.07) is 3.28. The number of anilines is 2. The Labute approximate surface area is 184 Å². The third-order valence-electron chi connectivity index (χ3n) is 4.55. The fraction of sp³-hybridized carbons (Fsp3) is 0.316. The van der Waals surface area contributed by atoms with E-state index in [1.807, 2.05) is 0 Å². The molecule has 0 spiro atoms. The lowest BCUT2D eigenvalue weighted by Crippen LogP contribution is -2.14. The van der Waals surface area contributed by atoms with Gasteiger partial charge in [-0.2, -0.15) is 23.3 Å². The fourth-order valence-corrected chi connectivity index (χ4v) is 3.79. The second-order valence-electron chi connectivity index (χ2n) is 6.94. The Bertz CT molecular complexity index is 1230. The maximum atomic E-state index is 12.8. The van der Waals surface area contributed by atoms with E-state index in [0.717, 1.165) is 42.5 Å². The van der Waals surface area contributed by atoms with Crippen LogP contribution in [0.15, 0.2) is 29.9 Å². The molecule has 32 heavy (non-hydrogen) atoms. The Morgan fingerprint density at radius 2 is 2.12 bits per heavy atom. The summed E-state index contributed by atoms with van der Waals surface area (Å²) in [6.07, 6.45) is 1.62. The van der Waals surface area contributed by atoms with Crippen LogP contribution in [0.3, 0.4) is 0 Å². The molecule has 9 nitrogen and oxygen atoms in total. The van der Waals surface area contributed by atoms with Crippen LogP contribution in [0.1, 0.15) is 42.4 Å². The maximum Gasteiger partial charge on any atom is 0.434 e. The van der Waals surface area contributed by atoms with Gasteiger partial charge in [0.15, 0.2) is 11.3 Å². The Hall–Kier alpha value is -3.48. The highest BCUT2D eigenvalue weighted by molar-refractivity contribution is 7.13. The number of fused-ring (bicyclic) bond motifs is 1. The number of alkyl halides is 3. The summed E-state index contributed by atoms with van der Waals surface area (Å²) >= 11 is 0.786. The van der Waals surface area contributed by atoms with Gasteiger partial charge in [0, 0.05) is 29.9 Å². The number of thiazole rings is 1. The number of carbonyl (C=O) groups is 1. The Morgan fingerprint density at radius 1 is 1.28 bits per heavy atom. The molecule has 0 unspecified atom stereocenters. The summed E-state index contributed by atoms with van der Waals surface area (Å²) in [5.41, 5.74) is 0.155. The minimum absolute atomic E-state index is 0.00712. The Balaban J connectivity index is 1.48. The van der Waals surface area contributed by atoms with Crippen LogP contribution in [-0.4, -0.2) is 42.2 Å². The van der Waals surface area contributed by atoms with Crippen LogP contribution < -0.4 is 10.6 Å². The highest BCUT2D eigenvalue weighted by Gasteiger charge is 2.34. The number of aromatic nitrogens is 6. The number of amides is 1. The van der Waals surface area contributed by atoms with E-state index < -0.39 is 17.8 Å². The van der Waals surface area contributed by atoms with Gasteiger partial charge in [0.1, 0.15) is 10.7 Å². The summed E-state index contributed by atoms with van der Waals surface area (Å²) in [4.78, 5) is 20.7. The molecule has 1 amide bonds. The molecule has 4 rings (SSSR count). The van der Waals surface area contributed by atoms with E-state index in [9.17, 15) is 18.0 Å². The third kappa shape index (κ3) is 4.72. The highest BCUT2D eigenvalue weighted by Crippen LogP contribution is 2.34. The summed E-state index contributed by atoms with van der Waals surface area (Å²) < 4.78 is 40.1. The number of halogens is 3. The Kier molecular flexibility index (Phi) is 6.08. The van der Waals surface area contributed by atoms with Gasteiger partial charge in [-0.05, 0) is 12.5 Å². The molecule has 0 saturated heterocycles. The number of rotatable bonds is 8. The zero-order valence-corrected chi connectivity index (χ0v) is 17.7. The van der Waals surface area contributed by atoms with Gasteiger partial charge in [0.2, 0.25) is 5.95 Å². The van der Waals surface area contributed by atoms with Crippen molar-refractivity contribution in [2.45, 2.75) is 32.4 Å². The highest BCUT2D eigenvalue weighted by atomic mass is 32.1. The SMILES string of the molecule is CCCCCNc1nc2cc(NC(=O)c3[nH]ncc3-c3nc(C(F)(F)F)cs3)ccn2n1. The third-order valence-corrected chi connectivity index (χ3v) is 5.43. The monoisotopic (exact) mass is 464 g/mol. The lowest BCUT2D eigenvalue weighted by molar-refractivity contribution is -0.140. The minimum Gasteiger partial charge on any atom is -0.353 e. The summed E-state index contributed by atoms with van der Waals surface area (Å²) in [5.74, 6) is -0.0762. The first kappa shape index (κ1) is 21.7. The smallest absolute Gasteiger partial charge is 0.353 e. The fourth-order valence-electron chi connectivity index (χ4n) is 2.95. The largest absolute Gasteiger partial charge is 0.434 e. The molecular weight excluding hydrogens is 445 g/mol. The summed E-state index contributed by atoms with van der Waals surface area (Å²) in [5, 5.41) is 17.4. The molecule has 0 radical (unpaired) electrons. The summed E-state index contributed by atoms with van der Waals surface area (Å²) in [7, 11) is 0. The predicted molar refractivity (Wildman–Crippen MR) is 114 cm³/mol. The van der Waals surface area contributed by atoms with Gasteiger partial charge in [-0.1, -0.05) is 19.8 Å². The van der Waals surface area contributed by atoms with E-state index >= 15 is 0 Å². The van der Waals surface area contributed by atoms with Crippen LogP contribution >= 0.6 is 11.3 Å². The van der Waals surface area contributed by atoms with Crippen LogP contribution in [-0.2, 0) is 6.18 Å². The second kappa shape index (κ2) is 8.94. The molecule has 0 atom stereocenters. The van der Waals surface area contributed by atoms with Gasteiger partial charge in [-0.15, -0.1) is 16.4 Å². The molecule has 4 aromatic rings. The molecule has 0 saturated carbocycles. The van der Waals surface area contributed by atoms with E-state index in [1.54, 1.807) is 22.8 Å². The maximum absolute atomic E-state index is 12.8. The molecule has 4 heterocycles. The van der Waals surface area contributed by atoms with Gasteiger partial charge in [-0.3, -0.25) is 9.89 Å². The van der Waals surface area contributed by atoms with Crippen LogP contribution in [0, 0.1) is 0 Å². The minimum atomic E-state index is -4.56. The van der Waals surface area contributed by atoms with Crippen molar-refractivity contribution >= 4 is 34.5 Å². The first-order valence-electron chi connectivity index (χ1n) is 9.83. The van der Waals surface area contributed by atoms with E-state index in [-0.39, 0.29) is 16.3 Å². The zero-order chi connectivity index (χ0) is 22.7. The van der Waals surface area contributed by atoms with Crippen molar-refractivity contribution in [1.29, 1.82) is 0 Å². The number of pyridine rings is 1. The van der Waals surface area contributed by atoms with Crippen LogP contribution in [0.5, 0.6) is 0 Å². The molecule has 13 heteroatoms. The summed E-state index contributed by atoms with van der Waals surface area (Å²) in [6.45, 7) is 2.89. The number of H-pyrrole nitrogens is 1. The molecular formula is C19H19F3N8OS. The lowest BCUT2D eigenvalue weighted by Gasteiger charge is -2.05. The number of nitrogens with zero attached hydrogens (tertiary/aromatic N) is 5. The molecule has 4 aromatic heterocycles. The average molecular weight is 464 g/mol. The molecule has 0 aromatic carbocycles. The Morgan fingerprint density at radius 3 is 2.88 bits per heavy atom. The normalized spacial score (nSPS) is 11.8. The number of hydrogen-bond acceptors (Lipinski definition) is 7. The van der Waals surface area contributed by atoms with Gasteiger partial charge < -0.3 is 10.6 Å². The number of nitrogens with one attached hydrogen (secondary N) is 3. The van der Waals surface area contributed by atoms with Crippen molar-refractivity contribution in [3.63, 3.8) is 0 Å². The molecule has 0 bridgehead atoms. The predicted octanol–water partition coefficient (Wildman–Crippen LogP) is 4.45. The van der Waals surface area contributed by atoms with Gasteiger partial charge in [0.25, 0.3) is 5.91 Å². The first-order valence-corrected chi connectivity index (χ1v) is 10.7. The van der Waals surface area contributed by atoms with Crippen LogP contribution in [0.25, 0.3) is 16.2 Å². The van der Waals surface area contributed by atoms with Crippen molar-refractivity contribution < 1.29 is 18.0 Å². The van der Waals surface area contributed by atoms with E-state index in [2.05, 4.69) is 42.8 Å². The van der Waals surface area contributed by atoms with Gasteiger partial charge in [0.05, 0.1) is 11.8 Å². The average Bonchev–Trinajstić information content (AvgIpc) is 3.48. The number of carbonyl (C=O) groups excluding carboxylic acids is 1. The first-order chi connectivity index (χ1) is 15.3. The van der Waals surface area contributed by atoms with Crippen molar-refractivity contribution in [3.8, 4) is 10.6 Å². The topological polar surface area (TPSA) is 113 Å². The molecule has 0 aliphatic heterocycles. The van der Waals surface area contributed by atoms with Crippen LogP contribution in [0.2, 0.25) is 0 Å². The number of unbranched alkanes of at least 4 members (excludes halogenated alkanes) is 2. The molecule has 0 aliphatic carbocycles. The quantitative estimate of drug-likeness (QED) is 0.332. The molecule has 168 valence electrons.